The van der Waals surface area contributed by atoms with E-state index in [1.54, 1.807) is 0 Å². The van der Waals surface area contributed by atoms with Crippen molar-refractivity contribution in [3.8, 4) is 11.1 Å². The van der Waals surface area contributed by atoms with Gasteiger partial charge in [0.15, 0.2) is 0 Å². The molecule has 0 saturated heterocycles. The minimum Gasteiger partial charge on any atom is -0.388 e. The molecule has 2 aromatic carbocycles. The Labute approximate surface area is 102 Å². The van der Waals surface area contributed by atoms with Gasteiger partial charge in [-0.15, -0.1) is 0 Å². The molecule has 1 atom stereocenters. The van der Waals surface area contributed by atoms with Crippen LogP contribution in [0.2, 0.25) is 0 Å². The maximum absolute atomic E-state index is 9.80. The Morgan fingerprint density at radius 1 is 0.882 bits per heavy atom. The summed E-state index contributed by atoms with van der Waals surface area (Å²) in [7, 11) is 0. The lowest BCUT2D eigenvalue weighted by Gasteiger charge is -2.10. The van der Waals surface area contributed by atoms with Gasteiger partial charge in [0.2, 0.25) is 0 Å². The first-order chi connectivity index (χ1) is 8.31. The molecule has 0 aliphatic heterocycles. The average molecular weight is 227 g/mol. The van der Waals surface area contributed by atoms with E-state index < -0.39 is 6.10 Å². The fourth-order valence-electron chi connectivity index (χ4n) is 1.85. The maximum Gasteiger partial charge on any atom is 0.0802 e. The summed E-state index contributed by atoms with van der Waals surface area (Å²) in [4.78, 5) is 0. The molecular weight excluding hydrogens is 210 g/mol. The van der Waals surface area contributed by atoms with Gasteiger partial charge in [0.25, 0.3) is 0 Å². The van der Waals surface area contributed by atoms with Gasteiger partial charge in [0.1, 0.15) is 0 Å². The molecule has 0 fully saturated rings. The molecule has 0 spiro atoms. The second kappa shape index (κ2) is 5.62. The third kappa shape index (κ3) is 2.93. The van der Waals surface area contributed by atoms with E-state index in [0.717, 1.165) is 11.1 Å². The van der Waals surface area contributed by atoms with E-state index in [1.165, 1.54) is 5.56 Å². The SMILES string of the molecule is NCC[C@@H](O)c1ccc(-c2ccccc2)cc1. The van der Waals surface area contributed by atoms with E-state index in [0.29, 0.717) is 13.0 Å². The van der Waals surface area contributed by atoms with Crippen molar-refractivity contribution < 1.29 is 5.11 Å². The lowest BCUT2D eigenvalue weighted by atomic mass is 10.0. The van der Waals surface area contributed by atoms with Gasteiger partial charge in [-0.1, -0.05) is 54.6 Å². The van der Waals surface area contributed by atoms with Gasteiger partial charge < -0.3 is 10.8 Å². The summed E-state index contributed by atoms with van der Waals surface area (Å²) in [5.74, 6) is 0. The summed E-state index contributed by atoms with van der Waals surface area (Å²) in [5.41, 5.74) is 8.70. The standard InChI is InChI=1S/C15H17NO/c16-11-10-15(17)14-8-6-13(7-9-14)12-4-2-1-3-5-12/h1-9,15,17H,10-11,16H2/t15-/m1/s1. The number of benzene rings is 2. The summed E-state index contributed by atoms with van der Waals surface area (Å²) in [5, 5.41) is 9.80. The molecule has 0 bridgehead atoms. The molecule has 0 radical (unpaired) electrons. The van der Waals surface area contributed by atoms with Crippen LogP contribution in [0.1, 0.15) is 18.1 Å². The van der Waals surface area contributed by atoms with Crippen LogP contribution in [0.5, 0.6) is 0 Å². The molecule has 2 aromatic rings. The van der Waals surface area contributed by atoms with E-state index >= 15 is 0 Å². The highest BCUT2D eigenvalue weighted by molar-refractivity contribution is 5.63. The van der Waals surface area contributed by atoms with Gasteiger partial charge in [-0.2, -0.15) is 0 Å². The van der Waals surface area contributed by atoms with E-state index in [4.69, 9.17) is 5.73 Å². The zero-order valence-electron chi connectivity index (χ0n) is 9.71. The van der Waals surface area contributed by atoms with Crippen molar-refractivity contribution in [2.75, 3.05) is 6.54 Å². The molecule has 2 nitrogen and oxygen atoms in total. The molecule has 0 unspecified atom stereocenters. The minimum atomic E-state index is -0.454. The first-order valence-corrected chi connectivity index (χ1v) is 5.85. The Kier molecular flexibility index (Phi) is 3.91. The van der Waals surface area contributed by atoms with Crippen LogP contribution in [0.15, 0.2) is 54.6 Å². The number of hydrogen-bond donors (Lipinski definition) is 2. The Morgan fingerprint density at radius 3 is 2.06 bits per heavy atom. The Bertz CT molecular complexity index is 450. The predicted molar refractivity (Wildman–Crippen MR) is 70.5 cm³/mol. The first-order valence-electron chi connectivity index (χ1n) is 5.85. The van der Waals surface area contributed by atoms with E-state index in [1.807, 2.05) is 42.5 Å². The Hall–Kier alpha value is -1.64. The van der Waals surface area contributed by atoms with Crippen molar-refractivity contribution in [3.63, 3.8) is 0 Å². The lowest BCUT2D eigenvalue weighted by Crippen LogP contribution is -2.06. The fraction of sp³-hybridized carbons (Fsp3) is 0.200. The van der Waals surface area contributed by atoms with Crippen LogP contribution in [0, 0.1) is 0 Å². The number of rotatable bonds is 4. The highest BCUT2D eigenvalue weighted by Crippen LogP contribution is 2.22. The number of nitrogens with two attached hydrogens (primary N) is 1. The van der Waals surface area contributed by atoms with Gasteiger partial charge in [-0.3, -0.25) is 0 Å². The van der Waals surface area contributed by atoms with Gasteiger partial charge in [0, 0.05) is 0 Å². The van der Waals surface area contributed by atoms with Gasteiger partial charge in [-0.05, 0) is 29.7 Å². The topological polar surface area (TPSA) is 46.2 Å². The summed E-state index contributed by atoms with van der Waals surface area (Å²) >= 11 is 0. The molecule has 88 valence electrons. The van der Waals surface area contributed by atoms with Crippen molar-refractivity contribution >= 4 is 0 Å². The van der Waals surface area contributed by atoms with Crippen molar-refractivity contribution in [3.05, 3.63) is 60.2 Å². The monoisotopic (exact) mass is 227 g/mol. The quantitative estimate of drug-likeness (QED) is 0.843. The first kappa shape index (κ1) is 11.8. The normalized spacial score (nSPS) is 12.4. The minimum absolute atomic E-state index is 0.454. The molecule has 2 rings (SSSR count). The van der Waals surface area contributed by atoms with Crippen LogP contribution in [0.4, 0.5) is 0 Å². The molecule has 17 heavy (non-hydrogen) atoms. The highest BCUT2D eigenvalue weighted by atomic mass is 16.3. The molecule has 3 N–H and O–H groups in total. The molecule has 0 heterocycles. The zero-order valence-corrected chi connectivity index (χ0v) is 9.71. The number of hydrogen-bond acceptors (Lipinski definition) is 2. The van der Waals surface area contributed by atoms with E-state index in [-0.39, 0.29) is 0 Å². The second-order valence-electron chi connectivity index (χ2n) is 4.08. The van der Waals surface area contributed by atoms with Crippen LogP contribution in [0.25, 0.3) is 11.1 Å². The largest absolute Gasteiger partial charge is 0.388 e. The van der Waals surface area contributed by atoms with E-state index in [9.17, 15) is 5.11 Å². The molecule has 0 aromatic heterocycles. The van der Waals surface area contributed by atoms with Crippen molar-refractivity contribution in [2.24, 2.45) is 5.73 Å². The average Bonchev–Trinajstić information content (AvgIpc) is 2.40. The highest BCUT2D eigenvalue weighted by Gasteiger charge is 2.06. The third-order valence-electron chi connectivity index (χ3n) is 2.84. The van der Waals surface area contributed by atoms with Crippen molar-refractivity contribution in [2.45, 2.75) is 12.5 Å². The van der Waals surface area contributed by atoms with Gasteiger partial charge >= 0.3 is 0 Å². The summed E-state index contributed by atoms with van der Waals surface area (Å²) in [6.07, 6.45) is 0.148. The van der Waals surface area contributed by atoms with Crippen LogP contribution in [-0.2, 0) is 0 Å². The van der Waals surface area contributed by atoms with Crippen LogP contribution in [-0.4, -0.2) is 11.7 Å². The third-order valence-corrected chi connectivity index (χ3v) is 2.84. The summed E-state index contributed by atoms with van der Waals surface area (Å²) in [6, 6.07) is 18.2. The van der Waals surface area contributed by atoms with Crippen molar-refractivity contribution in [1.82, 2.24) is 0 Å². The van der Waals surface area contributed by atoms with Crippen LogP contribution < -0.4 is 5.73 Å². The smallest absolute Gasteiger partial charge is 0.0802 e. The molecule has 0 aliphatic rings. The van der Waals surface area contributed by atoms with Crippen LogP contribution in [0.3, 0.4) is 0 Å². The molecule has 2 heteroatoms. The predicted octanol–water partition coefficient (Wildman–Crippen LogP) is 2.74. The van der Waals surface area contributed by atoms with Crippen molar-refractivity contribution in [1.29, 1.82) is 0 Å². The summed E-state index contributed by atoms with van der Waals surface area (Å²) in [6.45, 7) is 0.502. The second-order valence-corrected chi connectivity index (χ2v) is 4.08. The molecular formula is C15H17NO. The summed E-state index contributed by atoms with van der Waals surface area (Å²) < 4.78 is 0. The molecule has 0 saturated carbocycles. The molecule has 0 amide bonds. The number of aliphatic hydroxyl groups is 1. The number of aliphatic hydroxyl groups excluding tert-OH is 1. The van der Waals surface area contributed by atoms with Gasteiger partial charge in [-0.25, -0.2) is 0 Å². The zero-order chi connectivity index (χ0) is 12.1. The van der Waals surface area contributed by atoms with Crippen LogP contribution >= 0.6 is 0 Å². The van der Waals surface area contributed by atoms with E-state index in [2.05, 4.69) is 12.1 Å². The maximum atomic E-state index is 9.80. The van der Waals surface area contributed by atoms with Gasteiger partial charge in [0.05, 0.1) is 6.10 Å². The molecule has 0 aliphatic carbocycles. The Balaban J connectivity index is 2.19. The lowest BCUT2D eigenvalue weighted by molar-refractivity contribution is 0.170. The Morgan fingerprint density at radius 2 is 1.47 bits per heavy atom. The fourth-order valence-corrected chi connectivity index (χ4v) is 1.85.